The standard InChI is InChI=1S/C25H23N3O5/c1-14-8-20(29)27-22-18(14)10-19-15(2)9-21(30)28-17(13-32-24(22)23(19)28)11-26-25(31)33-12-16-6-4-3-5-7-16/h3-10,17H,11-13H2,1-2H3,(H,26,31)(H,27,29). The van der Waals surface area contributed by atoms with Crippen molar-refractivity contribution in [3.63, 3.8) is 0 Å². The summed E-state index contributed by atoms with van der Waals surface area (Å²) in [6.07, 6.45) is -0.570. The Labute approximate surface area is 188 Å². The van der Waals surface area contributed by atoms with E-state index in [4.69, 9.17) is 9.47 Å². The molecule has 1 atom stereocenters. The highest BCUT2D eigenvalue weighted by atomic mass is 16.5. The number of carbonyl (C=O) groups is 1. The second-order valence-electron chi connectivity index (χ2n) is 8.28. The zero-order chi connectivity index (χ0) is 23.1. The molecule has 1 amide bonds. The van der Waals surface area contributed by atoms with Gasteiger partial charge in [-0.3, -0.25) is 14.2 Å². The first-order valence-corrected chi connectivity index (χ1v) is 10.7. The summed E-state index contributed by atoms with van der Waals surface area (Å²) >= 11 is 0. The van der Waals surface area contributed by atoms with Gasteiger partial charge in [-0.25, -0.2) is 4.79 Å². The molecule has 8 heteroatoms. The van der Waals surface area contributed by atoms with Crippen LogP contribution in [0.15, 0.2) is 58.1 Å². The van der Waals surface area contributed by atoms with Crippen LogP contribution in [0, 0.1) is 13.8 Å². The molecule has 0 spiro atoms. The van der Waals surface area contributed by atoms with E-state index in [0.717, 1.165) is 27.5 Å². The van der Waals surface area contributed by atoms with Crippen molar-refractivity contribution < 1.29 is 14.3 Å². The van der Waals surface area contributed by atoms with E-state index in [1.807, 2.05) is 50.2 Å². The topological polar surface area (TPSA) is 102 Å². The van der Waals surface area contributed by atoms with E-state index >= 15 is 0 Å². The molecule has 0 saturated heterocycles. The van der Waals surface area contributed by atoms with Crippen LogP contribution in [-0.4, -0.2) is 28.8 Å². The maximum absolute atomic E-state index is 13.0. The molecule has 0 fully saturated rings. The molecule has 1 aliphatic heterocycles. The SMILES string of the molecule is Cc1cc(=O)[nH]c2c3c4c(cc12)c(C)cc(=O)n4C(CNC(=O)OCc1ccccc1)CO3. The van der Waals surface area contributed by atoms with Crippen molar-refractivity contribution >= 4 is 27.9 Å². The molecule has 1 unspecified atom stereocenters. The number of fused-ring (bicyclic) bond motifs is 2. The summed E-state index contributed by atoms with van der Waals surface area (Å²) < 4.78 is 13.0. The molecule has 2 aromatic carbocycles. The van der Waals surface area contributed by atoms with Crippen molar-refractivity contribution in [1.29, 1.82) is 0 Å². The van der Waals surface area contributed by atoms with E-state index < -0.39 is 12.1 Å². The van der Waals surface area contributed by atoms with Gasteiger partial charge in [0.1, 0.15) is 13.2 Å². The third kappa shape index (κ3) is 3.73. The predicted molar refractivity (Wildman–Crippen MR) is 125 cm³/mol. The molecular weight excluding hydrogens is 422 g/mol. The van der Waals surface area contributed by atoms with Gasteiger partial charge >= 0.3 is 6.09 Å². The summed E-state index contributed by atoms with van der Waals surface area (Å²) in [6.45, 7) is 4.23. The lowest BCUT2D eigenvalue weighted by Crippen LogP contribution is -2.40. The minimum absolute atomic E-state index is 0.157. The van der Waals surface area contributed by atoms with Gasteiger partial charge in [0, 0.05) is 29.4 Å². The number of nitrogens with one attached hydrogen (secondary N) is 2. The Morgan fingerprint density at radius 1 is 1.12 bits per heavy atom. The molecule has 0 saturated carbocycles. The first-order chi connectivity index (χ1) is 15.9. The van der Waals surface area contributed by atoms with Crippen LogP contribution in [0.5, 0.6) is 5.75 Å². The van der Waals surface area contributed by atoms with E-state index in [9.17, 15) is 14.4 Å². The molecule has 0 radical (unpaired) electrons. The number of nitrogens with zero attached hydrogens (tertiary/aromatic N) is 1. The van der Waals surface area contributed by atoms with Gasteiger partial charge < -0.3 is 19.8 Å². The van der Waals surface area contributed by atoms with Crippen LogP contribution in [0.1, 0.15) is 22.7 Å². The second-order valence-corrected chi connectivity index (χ2v) is 8.28. The fourth-order valence-electron chi connectivity index (χ4n) is 4.38. The fourth-order valence-corrected chi connectivity index (χ4v) is 4.38. The summed E-state index contributed by atoms with van der Waals surface area (Å²) in [4.78, 5) is 40.2. The van der Waals surface area contributed by atoms with E-state index in [1.54, 1.807) is 16.7 Å². The number of carbonyl (C=O) groups excluding carboxylic acids is 1. The van der Waals surface area contributed by atoms with Crippen molar-refractivity contribution in [2.75, 3.05) is 13.2 Å². The number of ether oxygens (including phenoxy) is 2. The number of aryl methyl sites for hydroxylation is 2. The number of amides is 1. The summed E-state index contributed by atoms with van der Waals surface area (Å²) in [5, 5.41) is 4.47. The number of aromatic nitrogens is 2. The zero-order valence-electron chi connectivity index (χ0n) is 18.3. The minimum atomic E-state index is -0.570. The molecule has 8 nitrogen and oxygen atoms in total. The van der Waals surface area contributed by atoms with Crippen molar-refractivity contribution in [3.05, 3.63) is 85.9 Å². The van der Waals surface area contributed by atoms with Gasteiger partial charge in [-0.2, -0.15) is 0 Å². The normalized spacial score (nSPS) is 14.8. The Morgan fingerprint density at radius 3 is 2.67 bits per heavy atom. The molecule has 1 aliphatic rings. The van der Waals surface area contributed by atoms with Crippen LogP contribution in [0.3, 0.4) is 0 Å². The largest absolute Gasteiger partial charge is 0.487 e. The monoisotopic (exact) mass is 445 g/mol. The summed E-state index contributed by atoms with van der Waals surface area (Å²) in [6, 6.07) is 14.1. The molecular formula is C25H23N3O5. The lowest BCUT2D eigenvalue weighted by molar-refractivity contribution is 0.135. The maximum atomic E-state index is 13.0. The summed E-state index contributed by atoms with van der Waals surface area (Å²) in [7, 11) is 0. The van der Waals surface area contributed by atoms with Gasteiger partial charge in [-0.1, -0.05) is 30.3 Å². The van der Waals surface area contributed by atoms with Crippen LogP contribution in [-0.2, 0) is 11.3 Å². The Bertz CT molecular complexity index is 1500. The molecule has 2 aromatic heterocycles. The predicted octanol–water partition coefficient (Wildman–Crippen LogP) is 3.32. The Balaban J connectivity index is 1.48. The number of hydrogen-bond donors (Lipinski definition) is 2. The van der Waals surface area contributed by atoms with E-state index in [2.05, 4.69) is 10.3 Å². The zero-order valence-corrected chi connectivity index (χ0v) is 18.3. The highest BCUT2D eigenvalue weighted by Crippen LogP contribution is 2.38. The highest BCUT2D eigenvalue weighted by molar-refractivity contribution is 6.04. The van der Waals surface area contributed by atoms with Gasteiger partial charge in [-0.05, 0) is 36.6 Å². The quantitative estimate of drug-likeness (QED) is 0.469. The summed E-state index contributed by atoms with van der Waals surface area (Å²) in [5.41, 5.74) is 3.30. The van der Waals surface area contributed by atoms with Crippen LogP contribution >= 0.6 is 0 Å². The number of H-pyrrole nitrogens is 1. The third-order valence-corrected chi connectivity index (χ3v) is 6.00. The van der Waals surface area contributed by atoms with E-state index in [-0.39, 0.29) is 30.9 Å². The lowest BCUT2D eigenvalue weighted by Gasteiger charge is -2.29. The molecule has 3 heterocycles. The molecule has 2 N–H and O–H groups in total. The van der Waals surface area contributed by atoms with Gasteiger partial charge in [0.05, 0.1) is 17.1 Å². The fraction of sp³-hybridized carbons (Fsp3) is 0.240. The molecule has 5 rings (SSSR count). The molecule has 0 bridgehead atoms. The van der Waals surface area contributed by atoms with Gasteiger partial charge in [0.25, 0.3) is 5.56 Å². The van der Waals surface area contributed by atoms with Crippen molar-refractivity contribution in [3.8, 4) is 5.75 Å². The number of rotatable bonds is 4. The molecule has 33 heavy (non-hydrogen) atoms. The van der Waals surface area contributed by atoms with E-state index in [0.29, 0.717) is 16.8 Å². The Kier molecular flexibility index (Phi) is 5.12. The maximum Gasteiger partial charge on any atom is 0.407 e. The van der Waals surface area contributed by atoms with Crippen LogP contribution in [0.2, 0.25) is 0 Å². The second kappa shape index (κ2) is 8.12. The Hall–Kier alpha value is -4.07. The minimum Gasteiger partial charge on any atom is -0.487 e. The van der Waals surface area contributed by atoms with Crippen LogP contribution in [0.25, 0.3) is 21.8 Å². The lowest BCUT2D eigenvalue weighted by atomic mass is 10.0. The third-order valence-electron chi connectivity index (χ3n) is 6.00. The van der Waals surface area contributed by atoms with Crippen molar-refractivity contribution in [1.82, 2.24) is 14.9 Å². The van der Waals surface area contributed by atoms with E-state index in [1.165, 1.54) is 0 Å². The van der Waals surface area contributed by atoms with Crippen molar-refractivity contribution in [2.45, 2.75) is 26.5 Å². The average molecular weight is 445 g/mol. The first kappa shape index (κ1) is 20.8. The smallest absolute Gasteiger partial charge is 0.407 e. The van der Waals surface area contributed by atoms with Crippen LogP contribution < -0.4 is 21.2 Å². The van der Waals surface area contributed by atoms with Gasteiger partial charge in [0.15, 0.2) is 5.75 Å². The number of alkyl carbamates (subject to hydrolysis) is 1. The van der Waals surface area contributed by atoms with Crippen LogP contribution in [0.4, 0.5) is 4.79 Å². The Morgan fingerprint density at radius 2 is 1.88 bits per heavy atom. The first-order valence-electron chi connectivity index (χ1n) is 10.7. The number of aromatic amines is 1. The molecule has 168 valence electrons. The number of hydrogen-bond acceptors (Lipinski definition) is 5. The molecule has 0 aliphatic carbocycles. The van der Waals surface area contributed by atoms with Gasteiger partial charge in [-0.15, -0.1) is 0 Å². The van der Waals surface area contributed by atoms with Crippen molar-refractivity contribution in [2.24, 2.45) is 0 Å². The highest BCUT2D eigenvalue weighted by Gasteiger charge is 2.27. The molecule has 4 aromatic rings. The number of pyridine rings is 2. The number of benzene rings is 2. The van der Waals surface area contributed by atoms with Gasteiger partial charge in [0.2, 0.25) is 5.56 Å². The average Bonchev–Trinajstić information content (AvgIpc) is 2.80. The summed E-state index contributed by atoms with van der Waals surface area (Å²) in [5.74, 6) is 0.479.